The first kappa shape index (κ1) is 19.0. The van der Waals surface area contributed by atoms with E-state index in [-0.39, 0.29) is 23.0 Å². The zero-order valence-electron chi connectivity index (χ0n) is 14.5. The Morgan fingerprint density at radius 1 is 1.04 bits per heavy atom. The number of hydrogen-bond acceptors (Lipinski definition) is 5. The fraction of sp³-hybridized carbons (Fsp3) is 0.278. The molecular formula is C18H19N3O5S. The summed E-state index contributed by atoms with van der Waals surface area (Å²) in [5.74, 6) is 0.162. The maximum Gasteiger partial charge on any atom is 0.269 e. The van der Waals surface area contributed by atoms with E-state index in [1.54, 1.807) is 0 Å². The second kappa shape index (κ2) is 7.85. The molecule has 0 bridgehead atoms. The van der Waals surface area contributed by atoms with Gasteiger partial charge in [-0.25, -0.2) is 13.1 Å². The number of nitrogens with zero attached hydrogens (tertiary/aromatic N) is 2. The SMILES string of the molecule is O=C1CCCN1Cc1ccc(CNS(=O)(=O)c2ccc([N+](=O)[O-])cc2)cc1. The van der Waals surface area contributed by atoms with E-state index in [9.17, 15) is 23.3 Å². The van der Waals surface area contributed by atoms with Gasteiger partial charge in [0.1, 0.15) is 0 Å². The fourth-order valence-corrected chi connectivity index (χ4v) is 3.88. The average molecular weight is 389 g/mol. The van der Waals surface area contributed by atoms with Gasteiger partial charge >= 0.3 is 0 Å². The molecule has 1 N–H and O–H groups in total. The quantitative estimate of drug-likeness (QED) is 0.577. The molecule has 0 saturated carbocycles. The van der Waals surface area contributed by atoms with Gasteiger partial charge in [-0.3, -0.25) is 14.9 Å². The summed E-state index contributed by atoms with van der Waals surface area (Å²) in [4.78, 5) is 23.5. The molecule has 0 unspecified atom stereocenters. The second-order valence-electron chi connectivity index (χ2n) is 6.31. The Hall–Kier alpha value is -2.78. The number of carbonyl (C=O) groups excluding carboxylic acids is 1. The second-order valence-corrected chi connectivity index (χ2v) is 8.08. The lowest BCUT2D eigenvalue weighted by Gasteiger charge is -2.15. The Balaban J connectivity index is 1.60. The number of hydrogen-bond donors (Lipinski definition) is 1. The third-order valence-corrected chi connectivity index (χ3v) is 5.81. The van der Waals surface area contributed by atoms with Crippen molar-refractivity contribution in [3.63, 3.8) is 0 Å². The lowest BCUT2D eigenvalue weighted by Crippen LogP contribution is -2.24. The van der Waals surface area contributed by atoms with Crippen LogP contribution < -0.4 is 4.72 Å². The molecule has 1 aliphatic rings. The van der Waals surface area contributed by atoms with Crippen molar-refractivity contribution >= 4 is 21.6 Å². The molecule has 3 rings (SSSR count). The minimum atomic E-state index is -3.76. The number of carbonyl (C=O) groups is 1. The van der Waals surface area contributed by atoms with Gasteiger partial charge in [0.05, 0.1) is 9.82 Å². The third kappa shape index (κ3) is 4.69. The molecule has 1 saturated heterocycles. The number of nitro groups is 1. The lowest BCUT2D eigenvalue weighted by atomic mass is 10.1. The molecule has 2 aromatic rings. The van der Waals surface area contributed by atoms with Gasteiger partial charge in [-0.2, -0.15) is 0 Å². The molecule has 1 fully saturated rings. The molecule has 142 valence electrons. The number of sulfonamides is 1. The van der Waals surface area contributed by atoms with Crippen LogP contribution in [-0.2, 0) is 27.9 Å². The zero-order chi connectivity index (χ0) is 19.4. The van der Waals surface area contributed by atoms with Gasteiger partial charge in [0, 0.05) is 38.2 Å². The van der Waals surface area contributed by atoms with Crippen LogP contribution in [0.4, 0.5) is 5.69 Å². The van der Waals surface area contributed by atoms with E-state index in [2.05, 4.69) is 4.72 Å². The molecule has 1 aliphatic heterocycles. The van der Waals surface area contributed by atoms with Crippen molar-refractivity contribution in [2.45, 2.75) is 30.8 Å². The molecule has 0 aliphatic carbocycles. The Labute approximate surface area is 157 Å². The molecule has 1 heterocycles. The van der Waals surface area contributed by atoms with Crippen LogP contribution in [0.25, 0.3) is 0 Å². The van der Waals surface area contributed by atoms with Crippen LogP contribution in [0.3, 0.4) is 0 Å². The molecule has 0 spiro atoms. The molecule has 8 nitrogen and oxygen atoms in total. The van der Waals surface area contributed by atoms with Crippen molar-refractivity contribution in [2.75, 3.05) is 6.54 Å². The first-order valence-electron chi connectivity index (χ1n) is 8.45. The van der Waals surface area contributed by atoms with Gasteiger partial charge < -0.3 is 4.90 Å². The Kier molecular flexibility index (Phi) is 5.52. The van der Waals surface area contributed by atoms with Crippen molar-refractivity contribution in [1.29, 1.82) is 0 Å². The maximum atomic E-state index is 12.3. The van der Waals surface area contributed by atoms with E-state index in [0.717, 1.165) is 36.2 Å². The largest absolute Gasteiger partial charge is 0.338 e. The molecule has 0 atom stereocenters. The van der Waals surface area contributed by atoms with Crippen LogP contribution >= 0.6 is 0 Å². The van der Waals surface area contributed by atoms with Crippen LogP contribution in [0.1, 0.15) is 24.0 Å². The summed E-state index contributed by atoms with van der Waals surface area (Å²) < 4.78 is 27.1. The molecule has 0 radical (unpaired) electrons. The highest BCUT2D eigenvalue weighted by atomic mass is 32.2. The van der Waals surface area contributed by atoms with E-state index < -0.39 is 14.9 Å². The Morgan fingerprint density at radius 2 is 1.67 bits per heavy atom. The summed E-state index contributed by atoms with van der Waals surface area (Å²) in [5, 5.41) is 10.6. The fourth-order valence-electron chi connectivity index (χ4n) is 2.86. The van der Waals surface area contributed by atoms with E-state index >= 15 is 0 Å². The van der Waals surface area contributed by atoms with Crippen LogP contribution in [0.5, 0.6) is 0 Å². The average Bonchev–Trinajstić information content (AvgIpc) is 3.06. The summed E-state index contributed by atoms with van der Waals surface area (Å²) in [6, 6.07) is 12.1. The minimum absolute atomic E-state index is 0.0303. The summed E-state index contributed by atoms with van der Waals surface area (Å²) in [7, 11) is -3.76. The normalized spacial score (nSPS) is 14.5. The molecular weight excluding hydrogens is 370 g/mol. The van der Waals surface area contributed by atoms with E-state index in [1.165, 1.54) is 12.1 Å². The highest BCUT2D eigenvalue weighted by Gasteiger charge is 2.20. The predicted molar refractivity (Wildman–Crippen MR) is 98.2 cm³/mol. The van der Waals surface area contributed by atoms with Gasteiger partial charge in [-0.15, -0.1) is 0 Å². The zero-order valence-corrected chi connectivity index (χ0v) is 15.3. The van der Waals surface area contributed by atoms with Crippen LogP contribution in [0, 0.1) is 10.1 Å². The minimum Gasteiger partial charge on any atom is -0.338 e. The third-order valence-electron chi connectivity index (χ3n) is 4.39. The number of likely N-dealkylation sites (tertiary alicyclic amines) is 1. The monoisotopic (exact) mass is 389 g/mol. The first-order valence-corrected chi connectivity index (χ1v) is 9.93. The highest BCUT2D eigenvalue weighted by molar-refractivity contribution is 7.89. The smallest absolute Gasteiger partial charge is 0.269 e. The topological polar surface area (TPSA) is 110 Å². The van der Waals surface area contributed by atoms with Gasteiger partial charge in [-0.1, -0.05) is 24.3 Å². The number of amides is 1. The maximum absolute atomic E-state index is 12.3. The van der Waals surface area contributed by atoms with E-state index in [0.29, 0.717) is 13.0 Å². The number of nitro benzene ring substituents is 1. The predicted octanol–water partition coefficient (Wildman–Crippen LogP) is 2.20. The molecule has 2 aromatic carbocycles. The van der Waals surface area contributed by atoms with Crippen molar-refractivity contribution in [1.82, 2.24) is 9.62 Å². The summed E-state index contributed by atoms with van der Waals surface area (Å²) >= 11 is 0. The Morgan fingerprint density at radius 3 is 2.22 bits per heavy atom. The van der Waals surface area contributed by atoms with Gasteiger partial charge in [-0.05, 0) is 29.7 Å². The van der Waals surface area contributed by atoms with Crippen LogP contribution in [0.2, 0.25) is 0 Å². The van der Waals surface area contributed by atoms with Crippen molar-refractivity contribution in [3.05, 3.63) is 69.8 Å². The molecule has 1 amide bonds. The number of benzene rings is 2. The summed E-state index contributed by atoms with van der Waals surface area (Å²) in [6.07, 6.45) is 1.49. The van der Waals surface area contributed by atoms with Crippen molar-refractivity contribution in [2.24, 2.45) is 0 Å². The standard InChI is InChI=1S/C18H19N3O5S/c22-18-2-1-11-20(18)13-15-5-3-14(4-6-15)12-19-27(25,26)17-9-7-16(8-10-17)21(23)24/h3-10,19H,1-2,11-13H2. The number of rotatable bonds is 7. The van der Waals surface area contributed by atoms with Gasteiger partial charge in [0.2, 0.25) is 15.9 Å². The molecule has 0 aromatic heterocycles. The van der Waals surface area contributed by atoms with Crippen molar-refractivity contribution < 1.29 is 18.1 Å². The first-order chi connectivity index (χ1) is 12.8. The van der Waals surface area contributed by atoms with Gasteiger partial charge in [0.25, 0.3) is 5.69 Å². The van der Waals surface area contributed by atoms with Gasteiger partial charge in [0.15, 0.2) is 0 Å². The van der Waals surface area contributed by atoms with E-state index in [4.69, 9.17) is 0 Å². The number of nitrogens with one attached hydrogen (secondary N) is 1. The Bertz CT molecular complexity index is 940. The number of non-ortho nitro benzene ring substituents is 1. The van der Waals surface area contributed by atoms with E-state index in [1.807, 2.05) is 29.2 Å². The van der Waals surface area contributed by atoms with Crippen LogP contribution in [0.15, 0.2) is 53.4 Å². The van der Waals surface area contributed by atoms with Crippen molar-refractivity contribution in [3.8, 4) is 0 Å². The molecule has 27 heavy (non-hydrogen) atoms. The highest BCUT2D eigenvalue weighted by Crippen LogP contribution is 2.17. The summed E-state index contributed by atoms with van der Waals surface area (Å²) in [5.41, 5.74) is 1.60. The summed E-state index contributed by atoms with van der Waals surface area (Å²) in [6.45, 7) is 1.44. The van der Waals surface area contributed by atoms with Crippen LogP contribution in [-0.4, -0.2) is 30.7 Å². The lowest BCUT2D eigenvalue weighted by molar-refractivity contribution is -0.384. The molecule has 9 heteroatoms.